The van der Waals surface area contributed by atoms with E-state index in [1.807, 2.05) is 13.1 Å². The van der Waals surface area contributed by atoms with Gasteiger partial charge in [0.1, 0.15) is 22.9 Å². The minimum Gasteiger partial charge on any atom is -0.382 e. The molecule has 202 valence electrons. The molecule has 1 saturated heterocycles. The van der Waals surface area contributed by atoms with Crippen LogP contribution in [0.15, 0.2) is 54.9 Å². The van der Waals surface area contributed by atoms with Gasteiger partial charge in [-0.15, -0.1) is 0 Å². The maximum atomic E-state index is 6.49. The van der Waals surface area contributed by atoms with Gasteiger partial charge in [-0.1, -0.05) is 30.4 Å². The topological polar surface area (TPSA) is 72.3 Å². The van der Waals surface area contributed by atoms with E-state index < -0.39 is 0 Å². The number of likely N-dealkylation sites (tertiary alicyclic amines) is 1. The number of pyridine rings is 1. The highest BCUT2D eigenvalue weighted by atomic mass is 15.1. The third-order valence-corrected chi connectivity index (χ3v) is 8.78. The number of nitrogen functional groups attached to an aromatic ring is 1. The number of hydrogen-bond acceptors (Lipinski definition) is 5. The smallest absolute Gasteiger partial charge is 0.150 e. The van der Waals surface area contributed by atoms with E-state index in [9.17, 15) is 0 Å². The molecule has 6 heteroatoms. The van der Waals surface area contributed by atoms with Gasteiger partial charge < -0.3 is 10.6 Å². The molecule has 3 aromatic heterocycles. The molecule has 1 saturated carbocycles. The number of imidazole rings is 1. The average molecular weight is 521 g/mol. The van der Waals surface area contributed by atoms with E-state index in [1.165, 1.54) is 63.7 Å². The monoisotopic (exact) mass is 520 g/mol. The number of allylic oxidation sites excluding steroid dienone is 4. The highest BCUT2D eigenvalue weighted by Gasteiger charge is 2.29. The number of nitrogens with two attached hydrogens (primary N) is 1. The Kier molecular flexibility index (Phi) is 7.22. The number of benzene rings is 1. The van der Waals surface area contributed by atoms with Crippen molar-refractivity contribution in [3.63, 3.8) is 0 Å². The van der Waals surface area contributed by atoms with Crippen molar-refractivity contribution < 1.29 is 0 Å². The molecule has 39 heavy (non-hydrogen) atoms. The Morgan fingerprint density at radius 1 is 1.05 bits per heavy atom. The van der Waals surface area contributed by atoms with Crippen LogP contribution in [0, 0.1) is 12.8 Å². The molecule has 0 spiro atoms. The molecule has 0 amide bonds. The molecule has 4 heterocycles. The Bertz CT molecular complexity index is 1550. The first-order valence-electron chi connectivity index (χ1n) is 14.6. The summed E-state index contributed by atoms with van der Waals surface area (Å²) in [5.74, 6) is 2.89. The van der Waals surface area contributed by atoms with Crippen LogP contribution in [0.4, 0.5) is 5.82 Å². The standard InChI is InChI=1S/C33H40N6/c1-4-8-24(5-2)28-19-22(3)27-14-13-26(20-29(27)36-28)30-31-32(34)35-15-18-39(31)33(37-30)25-11-9-23(10-12-25)21-38-16-6-7-17-38/h4-5,8,13-15,18-20,23,25H,6-7,9-12,16-17,21H2,1-3H3,(H2,34,35)/b8-4-,24-5+/t23-,25-. The van der Waals surface area contributed by atoms with Crippen LogP contribution in [0.3, 0.4) is 0 Å². The van der Waals surface area contributed by atoms with Gasteiger partial charge in [-0.05, 0) is 102 Å². The van der Waals surface area contributed by atoms with Crippen molar-refractivity contribution in [3.8, 4) is 11.3 Å². The molecule has 1 aromatic carbocycles. The minimum atomic E-state index is 0.438. The fourth-order valence-electron chi connectivity index (χ4n) is 6.72. The molecule has 0 bridgehead atoms. The fraction of sp³-hybridized carbons (Fsp3) is 0.424. The van der Waals surface area contributed by atoms with E-state index in [2.05, 4.69) is 70.6 Å². The summed E-state index contributed by atoms with van der Waals surface area (Å²) < 4.78 is 2.20. The van der Waals surface area contributed by atoms with Crippen LogP contribution in [0.5, 0.6) is 0 Å². The Hall–Kier alpha value is -3.51. The molecule has 0 atom stereocenters. The van der Waals surface area contributed by atoms with Crippen molar-refractivity contribution in [1.29, 1.82) is 0 Å². The lowest BCUT2D eigenvalue weighted by molar-refractivity contribution is 0.221. The van der Waals surface area contributed by atoms with E-state index >= 15 is 0 Å². The van der Waals surface area contributed by atoms with E-state index in [0.29, 0.717) is 11.7 Å². The van der Waals surface area contributed by atoms with Gasteiger partial charge in [0.2, 0.25) is 0 Å². The van der Waals surface area contributed by atoms with Crippen LogP contribution in [0.1, 0.15) is 75.4 Å². The minimum absolute atomic E-state index is 0.438. The zero-order chi connectivity index (χ0) is 26.9. The van der Waals surface area contributed by atoms with Crippen molar-refractivity contribution in [2.45, 2.75) is 65.2 Å². The molecule has 4 aromatic rings. The van der Waals surface area contributed by atoms with Gasteiger partial charge in [-0.3, -0.25) is 4.40 Å². The molecular weight excluding hydrogens is 480 g/mol. The second kappa shape index (κ2) is 10.9. The van der Waals surface area contributed by atoms with Crippen LogP contribution in [-0.2, 0) is 0 Å². The van der Waals surface area contributed by atoms with Gasteiger partial charge in [-0.2, -0.15) is 0 Å². The Labute approximate surface area is 231 Å². The number of anilines is 1. The number of nitrogens with zero attached hydrogens (tertiary/aromatic N) is 5. The summed E-state index contributed by atoms with van der Waals surface area (Å²) in [6.45, 7) is 10.1. The molecule has 2 fully saturated rings. The van der Waals surface area contributed by atoms with E-state index in [4.69, 9.17) is 15.7 Å². The van der Waals surface area contributed by atoms with Crippen molar-refractivity contribution >= 4 is 27.8 Å². The third kappa shape index (κ3) is 4.98. The van der Waals surface area contributed by atoms with Crippen molar-refractivity contribution in [3.05, 3.63) is 72.0 Å². The fourth-order valence-corrected chi connectivity index (χ4v) is 6.72. The lowest BCUT2D eigenvalue weighted by Crippen LogP contribution is -2.29. The second-order valence-corrected chi connectivity index (χ2v) is 11.4. The van der Waals surface area contributed by atoms with Crippen molar-refractivity contribution in [2.24, 2.45) is 5.92 Å². The van der Waals surface area contributed by atoms with Gasteiger partial charge in [0.15, 0.2) is 0 Å². The first-order chi connectivity index (χ1) is 19.1. The van der Waals surface area contributed by atoms with Crippen LogP contribution >= 0.6 is 0 Å². The Balaban J connectivity index is 1.36. The Morgan fingerprint density at radius 3 is 2.59 bits per heavy atom. The van der Waals surface area contributed by atoms with E-state index in [0.717, 1.165) is 50.7 Å². The molecule has 2 N–H and O–H groups in total. The lowest BCUT2D eigenvalue weighted by Gasteiger charge is -2.30. The maximum Gasteiger partial charge on any atom is 0.150 e. The molecule has 1 aliphatic heterocycles. The lowest BCUT2D eigenvalue weighted by atomic mass is 9.81. The number of hydrogen-bond donors (Lipinski definition) is 1. The zero-order valence-electron chi connectivity index (χ0n) is 23.5. The van der Waals surface area contributed by atoms with Crippen LogP contribution < -0.4 is 5.73 Å². The zero-order valence-corrected chi connectivity index (χ0v) is 23.5. The largest absolute Gasteiger partial charge is 0.382 e. The molecular formula is C33H40N6. The van der Waals surface area contributed by atoms with Crippen molar-refractivity contribution in [1.82, 2.24) is 24.3 Å². The number of fused-ring (bicyclic) bond motifs is 2. The highest BCUT2D eigenvalue weighted by Crippen LogP contribution is 2.39. The van der Waals surface area contributed by atoms with Crippen molar-refractivity contribution in [2.75, 3.05) is 25.4 Å². The predicted octanol–water partition coefficient (Wildman–Crippen LogP) is 7.18. The molecule has 0 radical (unpaired) electrons. The summed E-state index contributed by atoms with van der Waals surface area (Å²) in [7, 11) is 0. The number of aryl methyl sites for hydroxylation is 1. The van der Waals surface area contributed by atoms with Gasteiger partial charge in [0, 0.05) is 35.8 Å². The highest BCUT2D eigenvalue weighted by molar-refractivity contribution is 5.92. The van der Waals surface area contributed by atoms with Crippen LogP contribution in [-0.4, -0.2) is 43.9 Å². The summed E-state index contributed by atoms with van der Waals surface area (Å²) in [6.07, 6.45) is 17.7. The summed E-state index contributed by atoms with van der Waals surface area (Å²) in [6, 6.07) is 8.66. The molecule has 0 unspecified atom stereocenters. The van der Waals surface area contributed by atoms with Gasteiger partial charge in [-0.25, -0.2) is 15.0 Å². The second-order valence-electron chi connectivity index (χ2n) is 11.4. The number of rotatable bonds is 6. The third-order valence-electron chi connectivity index (χ3n) is 8.78. The molecule has 1 aliphatic carbocycles. The predicted molar refractivity (Wildman–Crippen MR) is 162 cm³/mol. The average Bonchev–Trinajstić information content (AvgIpc) is 3.61. The Morgan fingerprint density at radius 2 is 1.85 bits per heavy atom. The summed E-state index contributed by atoms with van der Waals surface area (Å²) in [4.78, 5) is 17.5. The molecule has 6 nitrogen and oxygen atoms in total. The van der Waals surface area contributed by atoms with Gasteiger partial charge >= 0.3 is 0 Å². The maximum absolute atomic E-state index is 6.49. The molecule has 2 aliphatic rings. The summed E-state index contributed by atoms with van der Waals surface area (Å²) >= 11 is 0. The first kappa shape index (κ1) is 25.8. The normalized spacial score (nSPS) is 21.1. The summed E-state index contributed by atoms with van der Waals surface area (Å²) in [5, 5.41) is 1.16. The van der Waals surface area contributed by atoms with E-state index in [1.54, 1.807) is 6.20 Å². The summed E-state index contributed by atoms with van der Waals surface area (Å²) in [5.41, 5.74) is 13.6. The quantitative estimate of drug-likeness (QED) is 0.273. The van der Waals surface area contributed by atoms with Gasteiger partial charge in [0.05, 0.1) is 11.2 Å². The van der Waals surface area contributed by atoms with E-state index in [-0.39, 0.29) is 0 Å². The SMILES string of the molecule is C/C=C\C(=C/C)c1cc(C)c2ccc(-c3nc([C@H]4CC[C@H](CN5CCCC5)CC4)n4ccnc(N)c34)cc2n1. The number of aromatic nitrogens is 4. The van der Waals surface area contributed by atoms with Crippen LogP contribution in [0.25, 0.3) is 33.3 Å². The first-order valence-corrected chi connectivity index (χ1v) is 14.6. The molecule has 6 rings (SSSR count). The van der Waals surface area contributed by atoms with Gasteiger partial charge in [0.25, 0.3) is 0 Å². The van der Waals surface area contributed by atoms with Crippen LogP contribution in [0.2, 0.25) is 0 Å².